The van der Waals surface area contributed by atoms with Crippen LogP contribution in [0.25, 0.3) is 0 Å². The first kappa shape index (κ1) is 8.82. The first-order valence-electron chi connectivity index (χ1n) is 0.367. The van der Waals surface area contributed by atoms with Gasteiger partial charge in [-0.05, 0) is 0 Å². The normalized spacial score (nSPS) is 2.50. The Bertz CT molecular complexity index is 3.25. The van der Waals surface area contributed by atoms with Gasteiger partial charge in [-0.25, -0.2) is 0 Å². The van der Waals surface area contributed by atoms with Gasteiger partial charge in [0.2, 0.25) is 0 Å². The van der Waals surface area contributed by atoms with Crippen LogP contribution in [0, 0.1) is 0 Å². The van der Waals surface area contributed by atoms with Crippen LogP contribution in [0.1, 0.15) is 0 Å². The Labute approximate surface area is 36.5 Å². The van der Waals surface area contributed by atoms with Gasteiger partial charge in [-0.15, -0.1) is 0 Å². The van der Waals surface area contributed by atoms with Gasteiger partial charge < -0.3 is 0 Å². The van der Waals surface area contributed by atoms with Gasteiger partial charge in [-0.1, -0.05) is 0 Å². The molecule has 0 atom stereocenters. The zero-order chi connectivity index (χ0) is 4.00. The molecule has 0 unspecified atom stereocenters. The average Bonchev–Trinajstić information content (AvgIpc) is 1.50. The summed E-state index contributed by atoms with van der Waals surface area (Å²) < 4.78 is 8.26. The van der Waals surface area contributed by atoms with Crippen molar-refractivity contribution in [3.63, 3.8) is 0 Å². The molecule has 0 heterocycles. The van der Waals surface area contributed by atoms with E-state index in [0.717, 1.165) is 0 Å². The first-order chi connectivity index (χ1) is 2.00. The van der Waals surface area contributed by atoms with E-state index in [0.29, 0.717) is 22.3 Å². The summed E-state index contributed by atoms with van der Waals surface area (Å²) in [6.07, 6.45) is 0. The predicted molar refractivity (Wildman–Crippen MR) is 11.7 cm³/mol. The molecule has 0 saturated heterocycles. The average molecular weight is 178 g/mol. The van der Waals surface area contributed by atoms with Crippen LogP contribution in [0.5, 0.6) is 0 Å². The Morgan fingerprint density at radius 1 is 1.25 bits per heavy atom. The van der Waals surface area contributed by atoms with Crippen molar-refractivity contribution in [3.8, 4) is 0 Å². The third kappa shape index (κ3) is 22.0. The third-order valence-electron chi connectivity index (χ3n) is 0. The molecular formula is H2O3Te. The molecule has 0 radical (unpaired) electrons. The molecule has 0 aliphatic rings. The van der Waals surface area contributed by atoms with Gasteiger partial charge in [-0.2, -0.15) is 0 Å². The van der Waals surface area contributed by atoms with Crippen molar-refractivity contribution in [2.75, 3.05) is 0 Å². The smallest absolute Gasteiger partial charge is 0.255 e. The molecule has 2 N–H and O–H groups in total. The van der Waals surface area contributed by atoms with Gasteiger partial charge in [-0.3, -0.25) is 10.5 Å². The Morgan fingerprint density at radius 3 is 1.25 bits per heavy atom. The topological polar surface area (TPSA) is 57.5 Å². The van der Waals surface area contributed by atoms with Gasteiger partial charge >= 0.3 is 25.4 Å². The van der Waals surface area contributed by atoms with Crippen molar-refractivity contribution in [2.45, 2.75) is 0 Å². The molecule has 0 aliphatic heterocycles. The second-order valence-electron chi connectivity index (χ2n) is 0. The van der Waals surface area contributed by atoms with Gasteiger partial charge in [0, 0.05) is 0 Å². The summed E-state index contributed by atoms with van der Waals surface area (Å²) in [5, 5.41) is 12.0. The molecule has 0 aromatic heterocycles. The van der Waals surface area contributed by atoms with E-state index in [2.05, 4.69) is 0 Å². The van der Waals surface area contributed by atoms with Crippen molar-refractivity contribution >= 4 is 22.3 Å². The molecule has 4 heteroatoms. The van der Waals surface area contributed by atoms with Crippen LogP contribution >= 0.6 is 0 Å². The molecule has 0 fully saturated rings. The van der Waals surface area contributed by atoms with Crippen molar-refractivity contribution in [2.24, 2.45) is 0 Å². The Kier molecular flexibility index (Phi) is 188. The molecule has 0 spiro atoms. The molecule has 0 saturated carbocycles. The van der Waals surface area contributed by atoms with Crippen LogP contribution in [0.4, 0.5) is 0 Å². The van der Waals surface area contributed by atoms with Gasteiger partial charge in [0.05, 0.1) is 0 Å². The molecule has 3 nitrogen and oxygen atoms in total. The van der Waals surface area contributed by atoms with E-state index in [-0.39, 0.29) is 0 Å². The number of hydrogen-bond donors (Lipinski definition) is 2. The van der Waals surface area contributed by atoms with E-state index in [1.165, 1.54) is 0 Å². The fraction of sp³-hybridized carbons (Fsp3) is 0. The minimum Gasteiger partial charge on any atom is -0.255 e. The van der Waals surface area contributed by atoms with Gasteiger partial charge in [0.25, 0.3) is 0 Å². The SMILES string of the molecule is O=[Te].OO. The zero-order valence-corrected chi connectivity index (χ0v) is 4.04. The fourth-order valence-corrected chi connectivity index (χ4v) is 0. The molecule has 0 aromatic rings. The summed E-state index contributed by atoms with van der Waals surface area (Å²) in [6.45, 7) is 0. The monoisotopic (exact) mass is 180 g/mol. The Hall–Kier alpha value is 0.510. The standard InChI is InChI=1S/H2O2.OTe/c2*1-2/h1-2H;. The summed E-state index contributed by atoms with van der Waals surface area (Å²) in [5.41, 5.74) is 0. The quantitative estimate of drug-likeness (QED) is 0.299. The third-order valence-corrected chi connectivity index (χ3v) is 0. The first-order valence-corrected chi connectivity index (χ1v) is 1.32. The maximum Gasteiger partial charge on any atom is -0.255 e. The largest absolute Gasteiger partial charge is 0.255 e. The second kappa shape index (κ2) is 85.1. The van der Waals surface area contributed by atoms with Crippen molar-refractivity contribution in [1.29, 1.82) is 0 Å². The van der Waals surface area contributed by atoms with Crippen molar-refractivity contribution in [3.05, 3.63) is 0 Å². The number of rotatable bonds is 0. The van der Waals surface area contributed by atoms with E-state index < -0.39 is 0 Å². The fourth-order valence-electron chi connectivity index (χ4n) is 0. The maximum absolute atomic E-state index is 8.26. The zero-order valence-electron chi connectivity index (χ0n) is 1.71. The minimum atomic E-state index is 0.700. The van der Waals surface area contributed by atoms with Crippen molar-refractivity contribution in [1.82, 2.24) is 0 Å². The van der Waals surface area contributed by atoms with E-state index in [9.17, 15) is 0 Å². The maximum atomic E-state index is 8.26. The molecular weight excluding hydrogens is 176 g/mol. The Morgan fingerprint density at radius 2 is 1.25 bits per heavy atom. The van der Waals surface area contributed by atoms with E-state index in [1.807, 2.05) is 0 Å². The molecule has 0 aliphatic carbocycles. The second-order valence-corrected chi connectivity index (χ2v) is 0. The van der Waals surface area contributed by atoms with Crippen LogP contribution < -0.4 is 0 Å². The molecule has 26 valence electrons. The van der Waals surface area contributed by atoms with Crippen LogP contribution in [0.3, 0.4) is 0 Å². The summed E-state index contributed by atoms with van der Waals surface area (Å²) in [5.74, 6) is 0. The number of hydrogen-bond acceptors (Lipinski definition) is 3. The molecule has 0 aromatic carbocycles. The van der Waals surface area contributed by atoms with Crippen LogP contribution in [0.15, 0.2) is 0 Å². The van der Waals surface area contributed by atoms with Crippen LogP contribution in [0.2, 0.25) is 0 Å². The summed E-state index contributed by atoms with van der Waals surface area (Å²) in [7, 11) is 0. The van der Waals surface area contributed by atoms with E-state index in [4.69, 9.17) is 13.6 Å². The summed E-state index contributed by atoms with van der Waals surface area (Å²) in [4.78, 5) is 0. The van der Waals surface area contributed by atoms with E-state index >= 15 is 0 Å². The van der Waals surface area contributed by atoms with Gasteiger partial charge in [0.1, 0.15) is 0 Å². The van der Waals surface area contributed by atoms with Crippen LogP contribution in [-0.4, -0.2) is 32.8 Å². The molecule has 0 rings (SSSR count). The van der Waals surface area contributed by atoms with E-state index in [1.54, 1.807) is 0 Å². The van der Waals surface area contributed by atoms with Crippen LogP contribution in [-0.2, 0) is 3.10 Å². The molecule has 0 bridgehead atoms. The molecule has 4 heavy (non-hydrogen) atoms. The molecule has 0 amide bonds. The predicted octanol–water partition coefficient (Wildman–Crippen LogP) is -0.482. The Balaban J connectivity index is 0. The minimum absolute atomic E-state index is 0.700. The summed E-state index contributed by atoms with van der Waals surface area (Å²) >= 11 is 0.700. The van der Waals surface area contributed by atoms with Crippen molar-refractivity contribution < 1.29 is 13.6 Å². The van der Waals surface area contributed by atoms with Gasteiger partial charge in [0.15, 0.2) is 0 Å². The summed E-state index contributed by atoms with van der Waals surface area (Å²) in [6, 6.07) is 0.